The van der Waals surface area contributed by atoms with Gasteiger partial charge in [-0.15, -0.1) is 0 Å². The molecule has 1 saturated heterocycles. The van der Waals surface area contributed by atoms with Gasteiger partial charge in [0.1, 0.15) is 18.1 Å². The van der Waals surface area contributed by atoms with Crippen molar-refractivity contribution in [2.24, 2.45) is 0 Å². The molecule has 2 rings (SSSR count). The van der Waals surface area contributed by atoms with Crippen LogP contribution in [0, 0.1) is 20.8 Å². The third kappa shape index (κ3) is 4.21. The van der Waals surface area contributed by atoms with E-state index in [1.165, 1.54) is 6.92 Å². The molecule has 5 heteroatoms. The van der Waals surface area contributed by atoms with Gasteiger partial charge < -0.3 is 14.8 Å². The molecule has 1 heterocycles. The fraction of sp³-hybridized carbons (Fsp3) is 0.588. The third-order valence-electron chi connectivity index (χ3n) is 4.10. The van der Waals surface area contributed by atoms with Gasteiger partial charge in [0.15, 0.2) is 0 Å². The minimum atomic E-state index is -0.294. The molecule has 0 atom stereocenters. The minimum absolute atomic E-state index is 0.294. The van der Waals surface area contributed by atoms with Crippen molar-refractivity contribution in [1.82, 2.24) is 10.2 Å². The predicted molar refractivity (Wildman–Crippen MR) is 86.8 cm³/mol. The highest BCUT2D eigenvalue weighted by molar-refractivity contribution is 5.71. The summed E-state index contributed by atoms with van der Waals surface area (Å²) in [6, 6.07) is 1.96. The van der Waals surface area contributed by atoms with Crippen LogP contribution in [-0.4, -0.2) is 50.2 Å². The summed E-state index contributed by atoms with van der Waals surface area (Å²) in [5.41, 5.74) is 2.92. The van der Waals surface area contributed by atoms with Crippen LogP contribution in [0.2, 0.25) is 0 Å². The first-order chi connectivity index (χ1) is 10.5. The van der Waals surface area contributed by atoms with E-state index in [2.05, 4.69) is 10.2 Å². The van der Waals surface area contributed by atoms with Gasteiger partial charge >= 0.3 is 5.97 Å². The lowest BCUT2D eigenvalue weighted by Crippen LogP contribution is -2.44. The Bertz CT molecular complexity index is 537. The van der Waals surface area contributed by atoms with Crippen LogP contribution in [0.1, 0.15) is 23.6 Å². The number of benzene rings is 1. The maximum Gasteiger partial charge on any atom is 0.308 e. The van der Waals surface area contributed by atoms with Crippen molar-refractivity contribution in [3.8, 4) is 11.5 Å². The quantitative estimate of drug-likeness (QED) is 0.664. The maximum absolute atomic E-state index is 11.2. The Kier molecular flexibility index (Phi) is 5.80. The Balaban J connectivity index is 2.00. The zero-order chi connectivity index (χ0) is 16.1. The number of ether oxygens (including phenoxy) is 2. The van der Waals surface area contributed by atoms with Gasteiger partial charge in [0.05, 0.1) is 0 Å². The van der Waals surface area contributed by atoms with Crippen molar-refractivity contribution in [3.05, 3.63) is 22.8 Å². The lowest BCUT2D eigenvalue weighted by molar-refractivity contribution is -0.131. The Labute approximate surface area is 132 Å². The molecule has 1 aliphatic heterocycles. The van der Waals surface area contributed by atoms with E-state index >= 15 is 0 Å². The fourth-order valence-corrected chi connectivity index (χ4v) is 2.69. The van der Waals surface area contributed by atoms with E-state index in [0.29, 0.717) is 12.4 Å². The first-order valence-corrected chi connectivity index (χ1v) is 7.84. The van der Waals surface area contributed by atoms with Crippen molar-refractivity contribution < 1.29 is 14.3 Å². The topological polar surface area (TPSA) is 50.8 Å². The van der Waals surface area contributed by atoms with E-state index in [0.717, 1.165) is 55.2 Å². The van der Waals surface area contributed by atoms with E-state index in [-0.39, 0.29) is 5.97 Å². The highest BCUT2D eigenvalue weighted by Crippen LogP contribution is 2.33. The van der Waals surface area contributed by atoms with Gasteiger partial charge in [0, 0.05) is 39.6 Å². The predicted octanol–water partition coefficient (Wildman–Crippen LogP) is 1.82. The number of carbonyl (C=O) groups is 1. The van der Waals surface area contributed by atoms with Crippen LogP contribution in [0.15, 0.2) is 6.07 Å². The van der Waals surface area contributed by atoms with E-state index in [1.54, 1.807) is 0 Å². The number of nitrogens with zero attached hydrogens (tertiary/aromatic N) is 1. The van der Waals surface area contributed by atoms with E-state index in [4.69, 9.17) is 9.47 Å². The molecule has 1 fully saturated rings. The highest BCUT2D eigenvalue weighted by Gasteiger charge is 2.15. The second-order valence-corrected chi connectivity index (χ2v) is 5.80. The summed E-state index contributed by atoms with van der Waals surface area (Å²) in [5, 5.41) is 3.34. The summed E-state index contributed by atoms with van der Waals surface area (Å²) in [6.07, 6.45) is 0. The van der Waals surface area contributed by atoms with Crippen molar-refractivity contribution in [2.75, 3.05) is 39.3 Å². The Hall–Kier alpha value is -1.59. The number of esters is 1. The summed E-state index contributed by atoms with van der Waals surface area (Å²) in [4.78, 5) is 13.6. The van der Waals surface area contributed by atoms with E-state index < -0.39 is 0 Å². The average Bonchev–Trinajstić information content (AvgIpc) is 2.49. The summed E-state index contributed by atoms with van der Waals surface area (Å²) in [6.45, 7) is 13.2. The van der Waals surface area contributed by atoms with Crippen LogP contribution in [0.4, 0.5) is 0 Å². The first-order valence-electron chi connectivity index (χ1n) is 7.84. The van der Waals surface area contributed by atoms with Gasteiger partial charge in [0.25, 0.3) is 0 Å². The largest absolute Gasteiger partial charge is 0.492 e. The van der Waals surface area contributed by atoms with Crippen LogP contribution in [0.25, 0.3) is 0 Å². The van der Waals surface area contributed by atoms with E-state index in [9.17, 15) is 4.79 Å². The van der Waals surface area contributed by atoms with Crippen molar-refractivity contribution >= 4 is 5.97 Å². The van der Waals surface area contributed by atoms with Crippen LogP contribution >= 0.6 is 0 Å². The molecule has 0 amide bonds. The molecule has 0 saturated carbocycles. The molecular weight excluding hydrogens is 280 g/mol. The number of hydrogen-bond donors (Lipinski definition) is 1. The zero-order valence-electron chi connectivity index (χ0n) is 14.0. The van der Waals surface area contributed by atoms with Crippen LogP contribution in [0.5, 0.6) is 11.5 Å². The SMILES string of the molecule is CC(=O)Oc1c(C)cc(OCCN2CCNCC2)c(C)c1C. The van der Waals surface area contributed by atoms with Crippen molar-refractivity contribution in [1.29, 1.82) is 0 Å². The van der Waals surface area contributed by atoms with Gasteiger partial charge in [-0.25, -0.2) is 0 Å². The van der Waals surface area contributed by atoms with Gasteiger partial charge in [-0.2, -0.15) is 0 Å². The summed E-state index contributed by atoms with van der Waals surface area (Å²) in [7, 11) is 0. The zero-order valence-corrected chi connectivity index (χ0v) is 14.0. The maximum atomic E-state index is 11.2. The molecule has 1 aromatic rings. The van der Waals surface area contributed by atoms with E-state index in [1.807, 2.05) is 26.8 Å². The number of carbonyl (C=O) groups excluding carboxylic acids is 1. The smallest absolute Gasteiger partial charge is 0.308 e. The molecule has 0 bridgehead atoms. The van der Waals surface area contributed by atoms with Gasteiger partial charge in [-0.3, -0.25) is 9.69 Å². The molecule has 22 heavy (non-hydrogen) atoms. The molecule has 1 N–H and O–H groups in total. The number of piperazine rings is 1. The third-order valence-corrected chi connectivity index (χ3v) is 4.10. The monoisotopic (exact) mass is 306 g/mol. The summed E-state index contributed by atoms with van der Waals surface area (Å²) >= 11 is 0. The second kappa shape index (κ2) is 7.61. The number of rotatable bonds is 5. The molecular formula is C17H26N2O3. The standard InChI is InChI=1S/C17H26N2O3/c1-12-11-16(13(2)14(3)17(12)22-15(4)20)21-10-9-19-7-5-18-6-8-19/h11,18H,5-10H2,1-4H3. The second-order valence-electron chi connectivity index (χ2n) is 5.80. The molecule has 1 aliphatic rings. The average molecular weight is 306 g/mol. The first kappa shape index (κ1) is 16.8. The summed E-state index contributed by atoms with van der Waals surface area (Å²) < 4.78 is 11.3. The highest BCUT2D eigenvalue weighted by atomic mass is 16.5. The van der Waals surface area contributed by atoms with Gasteiger partial charge in [0.2, 0.25) is 0 Å². The molecule has 122 valence electrons. The molecule has 0 spiro atoms. The molecule has 0 aliphatic carbocycles. The number of aryl methyl sites for hydroxylation is 1. The van der Waals surface area contributed by atoms with Gasteiger partial charge in [-0.1, -0.05) is 0 Å². The van der Waals surface area contributed by atoms with Crippen molar-refractivity contribution in [2.45, 2.75) is 27.7 Å². The minimum Gasteiger partial charge on any atom is -0.492 e. The molecule has 1 aromatic carbocycles. The van der Waals surface area contributed by atoms with Crippen LogP contribution in [-0.2, 0) is 4.79 Å². The normalized spacial score (nSPS) is 15.6. The Morgan fingerprint density at radius 3 is 2.55 bits per heavy atom. The van der Waals surface area contributed by atoms with Gasteiger partial charge in [-0.05, 0) is 43.5 Å². The number of hydrogen-bond acceptors (Lipinski definition) is 5. The van der Waals surface area contributed by atoms with Crippen molar-refractivity contribution in [3.63, 3.8) is 0 Å². The Morgan fingerprint density at radius 1 is 1.23 bits per heavy atom. The van der Waals surface area contributed by atoms with Crippen LogP contribution < -0.4 is 14.8 Å². The molecule has 0 unspecified atom stereocenters. The molecule has 0 radical (unpaired) electrons. The number of nitrogens with one attached hydrogen (secondary N) is 1. The lowest BCUT2D eigenvalue weighted by atomic mass is 10.0. The molecule has 0 aromatic heterocycles. The lowest BCUT2D eigenvalue weighted by Gasteiger charge is -2.27. The molecule has 5 nitrogen and oxygen atoms in total. The summed E-state index contributed by atoms with van der Waals surface area (Å²) in [5.74, 6) is 1.23. The van der Waals surface area contributed by atoms with Crippen LogP contribution in [0.3, 0.4) is 0 Å². The fourth-order valence-electron chi connectivity index (χ4n) is 2.69. The Morgan fingerprint density at radius 2 is 1.91 bits per heavy atom.